The van der Waals surface area contributed by atoms with Gasteiger partial charge in [0, 0.05) is 37.8 Å². The summed E-state index contributed by atoms with van der Waals surface area (Å²) < 4.78 is 4.33. The molecule has 2 aliphatic heterocycles. The monoisotopic (exact) mass is 498 g/mol. The normalized spacial score (nSPS) is 19.0. The summed E-state index contributed by atoms with van der Waals surface area (Å²) in [7, 11) is 1.61. The Labute approximate surface area is 209 Å². The topological polar surface area (TPSA) is 94.2 Å². The molecular weight excluding hydrogens is 468 g/mol. The number of nitrogens with one attached hydrogen (secondary N) is 1. The molecule has 0 aliphatic carbocycles. The predicted octanol–water partition coefficient (Wildman–Crippen LogP) is 2.11. The van der Waals surface area contributed by atoms with E-state index >= 15 is 0 Å². The van der Waals surface area contributed by atoms with Crippen LogP contribution in [0.4, 0.5) is 5.95 Å². The molecule has 0 bridgehead atoms. The highest BCUT2D eigenvalue weighted by molar-refractivity contribution is 5.96. The van der Waals surface area contributed by atoms with E-state index in [4.69, 9.17) is 4.98 Å². The fourth-order valence-corrected chi connectivity index (χ4v) is 5.14. The number of halogens is 1. The predicted molar refractivity (Wildman–Crippen MR) is 139 cm³/mol. The smallest absolute Gasteiger partial charge is 0.332 e. The molecule has 10 heteroatoms. The molecule has 2 atom stereocenters. The number of Topliss-reactive ketones (excluding diaryl/α,β-unsaturated/α-hetero) is 1. The molecule has 1 aromatic carbocycles. The number of nitrogens with zero attached hydrogens (tertiary/aromatic N) is 5. The van der Waals surface area contributed by atoms with Crippen molar-refractivity contribution in [2.45, 2.75) is 51.9 Å². The first-order valence-electron chi connectivity index (χ1n) is 11.8. The van der Waals surface area contributed by atoms with Crippen LogP contribution in [0.25, 0.3) is 11.2 Å². The molecule has 186 valence electrons. The first kappa shape index (κ1) is 24.9. The van der Waals surface area contributed by atoms with Crippen LogP contribution in [0.1, 0.15) is 37.0 Å². The first-order valence-corrected chi connectivity index (χ1v) is 11.8. The highest BCUT2D eigenvalue weighted by Crippen LogP contribution is 2.31. The molecule has 2 unspecified atom stereocenters. The van der Waals surface area contributed by atoms with Gasteiger partial charge in [-0.15, -0.1) is 12.4 Å². The van der Waals surface area contributed by atoms with Crippen LogP contribution in [-0.2, 0) is 20.1 Å². The highest BCUT2D eigenvalue weighted by atomic mass is 35.5. The zero-order chi connectivity index (χ0) is 24.0. The van der Waals surface area contributed by atoms with Gasteiger partial charge in [0.15, 0.2) is 16.9 Å². The van der Waals surface area contributed by atoms with E-state index < -0.39 is 11.2 Å². The zero-order valence-electron chi connectivity index (χ0n) is 20.2. The van der Waals surface area contributed by atoms with E-state index in [1.165, 1.54) is 4.57 Å². The molecule has 9 nitrogen and oxygen atoms in total. The summed E-state index contributed by atoms with van der Waals surface area (Å²) in [6, 6.07) is 9.46. The lowest BCUT2D eigenvalue weighted by Crippen LogP contribution is -2.41. The van der Waals surface area contributed by atoms with E-state index in [9.17, 15) is 14.4 Å². The van der Waals surface area contributed by atoms with Crippen molar-refractivity contribution in [2.75, 3.05) is 18.0 Å². The third-order valence-corrected chi connectivity index (χ3v) is 6.94. The van der Waals surface area contributed by atoms with Crippen LogP contribution in [0.3, 0.4) is 0 Å². The Morgan fingerprint density at radius 2 is 1.89 bits per heavy atom. The minimum Gasteiger partial charge on any atom is -0.338 e. The third-order valence-electron chi connectivity index (χ3n) is 6.94. The first-order chi connectivity index (χ1) is 16.4. The fraction of sp³-hybridized carbons (Fsp3) is 0.440. The van der Waals surface area contributed by atoms with Crippen molar-refractivity contribution < 1.29 is 4.79 Å². The van der Waals surface area contributed by atoms with Crippen LogP contribution in [-0.4, -0.2) is 49.6 Å². The lowest BCUT2D eigenvalue weighted by atomic mass is 10.1. The van der Waals surface area contributed by atoms with Gasteiger partial charge < -0.3 is 14.8 Å². The molecule has 35 heavy (non-hydrogen) atoms. The second kappa shape index (κ2) is 9.83. The van der Waals surface area contributed by atoms with Crippen LogP contribution in [0.5, 0.6) is 0 Å². The van der Waals surface area contributed by atoms with Crippen LogP contribution >= 0.6 is 12.4 Å². The SMILES string of the molecule is CC(C)=CCn1c(N2CCC3NCCC32)nc2c1c(=O)n(CC(=O)c1ccccc1)c(=O)n2C.Cl. The number of benzene rings is 1. The van der Waals surface area contributed by atoms with Gasteiger partial charge in [-0.2, -0.15) is 4.98 Å². The second-order valence-electron chi connectivity index (χ2n) is 9.40. The quantitative estimate of drug-likeness (QED) is 0.413. The summed E-state index contributed by atoms with van der Waals surface area (Å²) in [5.74, 6) is 0.428. The van der Waals surface area contributed by atoms with Gasteiger partial charge >= 0.3 is 5.69 Å². The van der Waals surface area contributed by atoms with Gasteiger partial charge in [-0.1, -0.05) is 42.0 Å². The molecule has 0 saturated carbocycles. The molecule has 0 spiro atoms. The van der Waals surface area contributed by atoms with Crippen molar-refractivity contribution in [2.24, 2.45) is 7.05 Å². The van der Waals surface area contributed by atoms with Gasteiger partial charge in [0.05, 0.1) is 6.54 Å². The average molecular weight is 499 g/mol. The number of fused-ring (bicyclic) bond motifs is 2. The minimum atomic E-state index is -0.540. The van der Waals surface area contributed by atoms with Crippen molar-refractivity contribution in [1.82, 2.24) is 24.0 Å². The lowest BCUT2D eigenvalue weighted by Gasteiger charge is -2.25. The minimum absolute atomic E-state index is 0. The fourth-order valence-electron chi connectivity index (χ4n) is 5.14. The maximum atomic E-state index is 13.7. The molecule has 0 amide bonds. The molecule has 2 saturated heterocycles. The average Bonchev–Trinajstić information content (AvgIpc) is 3.54. The van der Waals surface area contributed by atoms with E-state index in [1.54, 1.807) is 31.3 Å². The van der Waals surface area contributed by atoms with Gasteiger partial charge in [0.2, 0.25) is 5.95 Å². The van der Waals surface area contributed by atoms with Crippen LogP contribution in [0, 0.1) is 0 Å². The van der Waals surface area contributed by atoms with Crippen LogP contribution in [0.2, 0.25) is 0 Å². The third kappa shape index (κ3) is 4.34. The molecule has 4 heterocycles. The Morgan fingerprint density at radius 1 is 1.14 bits per heavy atom. The maximum Gasteiger partial charge on any atom is 0.332 e. The number of rotatable bonds is 6. The summed E-state index contributed by atoms with van der Waals surface area (Å²) in [6.07, 6.45) is 4.09. The van der Waals surface area contributed by atoms with Gasteiger partial charge in [-0.3, -0.25) is 18.7 Å². The number of aryl methyl sites for hydroxylation is 1. The summed E-state index contributed by atoms with van der Waals surface area (Å²) in [6.45, 7) is 5.99. The van der Waals surface area contributed by atoms with E-state index in [2.05, 4.69) is 16.3 Å². The Balaban J connectivity index is 0.00000289. The van der Waals surface area contributed by atoms with Gasteiger partial charge in [0.1, 0.15) is 0 Å². The van der Waals surface area contributed by atoms with E-state index in [1.807, 2.05) is 24.5 Å². The van der Waals surface area contributed by atoms with Gasteiger partial charge in [-0.25, -0.2) is 4.79 Å². The van der Waals surface area contributed by atoms with Crippen molar-refractivity contribution >= 4 is 35.3 Å². The maximum absolute atomic E-state index is 13.7. The number of hydrogen-bond donors (Lipinski definition) is 1. The van der Waals surface area contributed by atoms with Gasteiger partial charge in [-0.05, 0) is 33.2 Å². The largest absolute Gasteiger partial charge is 0.338 e. The number of allylic oxidation sites excluding steroid dienone is 2. The zero-order valence-corrected chi connectivity index (χ0v) is 21.0. The van der Waals surface area contributed by atoms with Crippen LogP contribution in [0.15, 0.2) is 51.6 Å². The summed E-state index contributed by atoms with van der Waals surface area (Å²) in [5, 5.41) is 3.55. The number of carbonyl (C=O) groups is 1. The van der Waals surface area contributed by atoms with E-state index in [0.717, 1.165) is 36.1 Å². The molecule has 0 radical (unpaired) electrons. The Hall–Kier alpha value is -3.17. The number of hydrogen-bond acceptors (Lipinski definition) is 6. The summed E-state index contributed by atoms with van der Waals surface area (Å²) >= 11 is 0. The van der Waals surface area contributed by atoms with Crippen molar-refractivity contribution in [3.8, 4) is 0 Å². The number of carbonyl (C=O) groups excluding carboxylic acids is 1. The molecule has 2 aromatic heterocycles. The second-order valence-corrected chi connectivity index (χ2v) is 9.40. The number of imidazole rings is 1. The van der Waals surface area contributed by atoms with E-state index in [-0.39, 0.29) is 24.7 Å². The highest BCUT2D eigenvalue weighted by Gasteiger charge is 2.40. The Morgan fingerprint density at radius 3 is 2.60 bits per heavy atom. The Bertz CT molecular complexity index is 1400. The lowest BCUT2D eigenvalue weighted by molar-refractivity contribution is 0.0969. The Kier molecular flexibility index (Phi) is 7.00. The molecule has 5 rings (SSSR count). The van der Waals surface area contributed by atoms with Crippen LogP contribution < -0.4 is 21.5 Å². The van der Waals surface area contributed by atoms with Crippen molar-refractivity contribution in [3.05, 3.63) is 68.4 Å². The summed E-state index contributed by atoms with van der Waals surface area (Å²) in [5.41, 5.74) is 1.27. The van der Waals surface area contributed by atoms with Crippen molar-refractivity contribution in [3.63, 3.8) is 0 Å². The molecule has 2 aliphatic rings. The molecular formula is C25H31ClN6O3. The number of ketones is 1. The summed E-state index contributed by atoms with van der Waals surface area (Å²) in [4.78, 5) is 46.8. The van der Waals surface area contributed by atoms with E-state index in [0.29, 0.717) is 41.3 Å². The number of anilines is 1. The van der Waals surface area contributed by atoms with Gasteiger partial charge in [0.25, 0.3) is 5.56 Å². The standard InChI is InChI=1S/C25H30N6O3.ClH/c1-16(2)10-13-30-21-22(27-24(30)29-14-11-18-19(29)9-12-26-18)28(3)25(34)31(23(21)33)15-20(32)17-7-5-4-6-8-17;/h4-8,10,18-19,26H,9,11-15H2,1-3H3;1H. The molecule has 3 aromatic rings. The van der Waals surface area contributed by atoms with Crippen molar-refractivity contribution in [1.29, 1.82) is 0 Å². The molecule has 2 fully saturated rings. The number of aromatic nitrogens is 4. The molecule has 1 N–H and O–H groups in total.